The number of ether oxygens (including phenoxy) is 1. The van der Waals surface area contributed by atoms with Crippen molar-refractivity contribution in [3.8, 4) is 0 Å². The number of nitrogens with one attached hydrogen (secondary N) is 2. The van der Waals surface area contributed by atoms with Crippen LogP contribution < -0.4 is 10.6 Å². The van der Waals surface area contributed by atoms with Gasteiger partial charge in [0.1, 0.15) is 11.9 Å². The number of hydrogen-bond donors (Lipinski definition) is 2. The molecule has 0 fully saturated rings. The van der Waals surface area contributed by atoms with Gasteiger partial charge < -0.3 is 15.4 Å². The van der Waals surface area contributed by atoms with Gasteiger partial charge in [-0.25, -0.2) is 9.18 Å². The van der Waals surface area contributed by atoms with Crippen LogP contribution in [0.4, 0.5) is 9.18 Å². The minimum Gasteiger partial charge on any atom is -0.450 e. The molecule has 1 rings (SSSR count). The molecule has 0 spiro atoms. The maximum atomic E-state index is 12.8. The molecule has 6 heteroatoms. The minimum absolute atomic E-state index is 0.0600. The molecule has 1 atom stereocenters. The van der Waals surface area contributed by atoms with Crippen molar-refractivity contribution in [2.45, 2.75) is 33.2 Å². The maximum absolute atomic E-state index is 12.8. The summed E-state index contributed by atoms with van der Waals surface area (Å²) in [5, 5.41) is 5.32. The van der Waals surface area contributed by atoms with Crippen LogP contribution in [-0.4, -0.2) is 31.2 Å². The molecule has 0 saturated heterocycles. The van der Waals surface area contributed by atoms with Gasteiger partial charge in [-0.15, -0.1) is 0 Å². The topological polar surface area (TPSA) is 67.4 Å². The van der Waals surface area contributed by atoms with Gasteiger partial charge in [0, 0.05) is 6.54 Å². The normalized spacial score (nSPS) is 11.9. The number of carbonyl (C=O) groups excluding carboxylic acids is 2. The van der Waals surface area contributed by atoms with Gasteiger partial charge in [-0.05, 0) is 37.0 Å². The highest BCUT2D eigenvalue weighted by molar-refractivity contribution is 5.85. The summed E-state index contributed by atoms with van der Waals surface area (Å²) in [5.41, 5.74) is 0.932. The molecule has 2 N–H and O–H groups in total. The lowest BCUT2D eigenvalue weighted by molar-refractivity contribution is -0.124. The van der Waals surface area contributed by atoms with Gasteiger partial charge in [0.25, 0.3) is 0 Å². The number of amides is 2. The van der Waals surface area contributed by atoms with Crippen LogP contribution in [0.25, 0.3) is 0 Å². The van der Waals surface area contributed by atoms with Crippen molar-refractivity contribution in [2.24, 2.45) is 5.92 Å². The van der Waals surface area contributed by atoms with Gasteiger partial charge in [0.05, 0.1) is 6.61 Å². The van der Waals surface area contributed by atoms with Gasteiger partial charge >= 0.3 is 6.09 Å². The summed E-state index contributed by atoms with van der Waals surface area (Å²) in [4.78, 5) is 23.6. The van der Waals surface area contributed by atoms with Crippen LogP contribution in [0.1, 0.15) is 26.3 Å². The van der Waals surface area contributed by atoms with E-state index in [1.54, 1.807) is 19.1 Å². The number of rotatable bonds is 7. The van der Waals surface area contributed by atoms with Crippen LogP contribution in [0.2, 0.25) is 0 Å². The maximum Gasteiger partial charge on any atom is 0.407 e. The van der Waals surface area contributed by atoms with E-state index < -0.39 is 12.1 Å². The van der Waals surface area contributed by atoms with Crippen molar-refractivity contribution >= 4 is 12.0 Å². The molecule has 122 valence electrons. The minimum atomic E-state index is -0.646. The van der Waals surface area contributed by atoms with Crippen LogP contribution in [0.3, 0.4) is 0 Å². The lowest BCUT2D eigenvalue weighted by Crippen LogP contribution is -2.50. The second-order valence-corrected chi connectivity index (χ2v) is 5.25. The standard InChI is InChI=1S/C16H23FN2O3/c1-4-22-16(21)19-14(11(2)3)15(20)18-10-9-12-5-7-13(17)8-6-12/h5-8,11,14H,4,9-10H2,1-3H3,(H,18,20)(H,19,21)/t14-/m1/s1. The summed E-state index contributed by atoms with van der Waals surface area (Å²) in [6, 6.07) is 5.48. The number of benzene rings is 1. The summed E-state index contributed by atoms with van der Waals surface area (Å²) in [6.07, 6.45) is -0.00847. The number of carbonyl (C=O) groups is 2. The Kier molecular flexibility index (Phi) is 7.36. The van der Waals surface area contributed by atoms with Gasteiger partial charge in [-0.2, -0.15) is 0 Å². The third kappa shape index (κ3) is 6.11. The smallest absolute Gasteiger partial charge is 0.407 e. The lowest BCUT2D eigenvalue weighted by atomic mass is 10.0. The first-order valence-corrected chi connectivity index (χ1v) is 7.39. The second-order valence-electron chi connectivity index (χ2n) is 5.25. The fraction of sp³-hybridized carbons (Fsp3) is 0.500. The molecular formula is C16H23FN2O3. The quantitative estimate of drug-likeness (QED) is 0.812. The molecule has 0 aliphatic heterocycles. The molecule has 0 radical (unpaired) electrons. The van der Waals surface area contributed by atoms with E-state index in [-0.39, 0.29) is 24.2 Å². The summed E-state index contributed by atoms with van der Waals surface area (Å²) in [6.45, 7) is 6.06. The third-order valence-corrected chi connectivity index (χ3v) is 3.12. The van der Waals surface area contributed by atoms with Crippen LogP contribution in [0, 0.1) is 11.7 Å². The summed E-state index contributed by atoms with van der Waals surface area (Å²) in [5.74, 6) is -0.605. The summed E-state index contributed by atoms with van der Waals surface area (Å²) < 4.78 is 17.6. The first-order chi connectivity index (χ1) is 10.4. The number of hydrogen-bond acceptors (Lipinski definition) is 3. The Morgan fingerprint density at radius 1 is 1.23 bits per heavy atom. The molecular weight excluding hydrogens is 287 g/mol. The van der Waals surface area contributed by atoms with Crippen molar-refractivity contribution in [1.29, 1.82) is 0 Å². The molecule has 0 bridgehead atoms. The van der Waals surface area contributed by atoms with Crippen LogP contribution >= 0.6 is 0 Å². The number of halogens is 1. The molecule has 0 aliphatic rings. The van der Waals surface area contributed by atoms with Crippen LogP contribution in [-0.2, 0) is 16.0 Å². The van der Waals surface area contributed by atoms with Gasteiger partial charge in [0.15, 0.2) is 0 Å². The average Bonchev–Trinajstić information content (AvgIpc) is 2.46. The molecule has 22 heavy (non-hydrogen) atoms. The molecule has 5 nitrogen and oxygen atoms in total. The Balaban J connectivity index is 2.46. The van der Waals surface area contributed by atoms with Crippen molar-refractivity contribution in [2.75, 3.05) is 13.2 Å². The predicted molar refractivity (Wildman–Crippen MR) is 81.9 cm³/mol. The highest BCUT2D eigenvalue weighted by Gasteiger charge is 2.24. The summed E-state index contributed by atoms with van der Waals surface area (Å²) in [7, 11) is 0. The van der Waals surface area contributed by atoms with E-state index in [1.807, 2.05) is 13.8 Å². The monoisotopic (exact) mass is 310 g/mol. The van der Waals surface area contributed by atoms with Gasteiger partial charge in [-0.3, -0.25) is 4.79 Å². The predicted octanol–water partition coefficient (Wildman–Crippen LogP) is 2.26. The number of alkyl carbamates (subject to hydrolysis) is 1. The molecule has 0 heterocycles. The molecule has 1 aromatic carbocycles. The SMILES string of the molecule is CCOC(=O)N[C@@H](C(=O)NCCc1ccc(F)cc1)C(C)C. The second kappa shape index (κ2) is 9.02. The van der Waals surface area contributed by atoms with Gasteiger partial charge in [-0.1, -0.05) is 26.0 Å². The molecule has 2 amide bonds. The van der Waals surface area contributed by atoms with Crippen LogP contribution in [0.5, 0.6) is 0 Å². The van der Waals surface area contributed by atoms with Crippen molar-refractivity contribution in [1.82, 2.24) is 10.6 Å². The molecule has 0 saturated carbocycles. The van der Waals surface area contributed by atoms with Crippen molar-refractivity contribution in [3.63, 3.8) is 0 Å². The highest BCUT2D eigenvalue weighted by Crippen LogP contribution is 2.04. The van der Waals surface area contributed by atoms with E-state index in [2.05, 4.69) is 10.6 Å². The van der Waals surface area contributed by atoms with E-state index in [4.69, 9.17) is 4.74 Å². The van der Waals surface area contributed by atoms with E-state index in [1.165, 1.54) is 12.1 Å². The molecule has 1 aromatic rings. The fourth-order valence-electron chi connectivity index (χ4n) is 1.93. The Morgan fingerprint density at radius 2 is 1.86 bits per heavy atom. The summed E-state index contributed by atoms with van der Waals surface area (Å²) >= 11 is 0. The lowest BCUT2D eigenvalue weighted by Gasteiger charge is -2.21. The zero-order valence-electron chi connectivity index (χ0n) is 13.2. The van der Waals surface area contributed by atoms with Crippen LogP contribution in [0.15, 0.2) is 24.3 Å². The fourth-order valence-corrected chi connectivity index (χ4v) is 1.93. The average molecular weight is 310 g/mol. The van der Waals surface area contributed by atoms with E-state index in [9.17, 15) is 14.0 Å². The largest absolute Gasteiger partial charge is 0.450 e. The Labute approximate surface area is 130 Å². The van der Waals surface area contributed by atoms with Crippen molar-refractivity contribution < 1.29 is 18.7 Å². The highest BCUT2D eigenvalue weighted by atomic mass is 19.1. The Morgan fingerprint density at radius 3 is 2.41 bits per heavy atom. The Hall–Kier alpha value is -2.11. The van der Waals surface area contributed by atoms with E-state index in [0.717, 1.165) is 5.56 Å². The van der Waals surface area contributed by atoms with Crippen molar-refractivity contribution in [3.05, 3.63) is 35.6 Å². The van der Waals surface area contributed by atoms with Gasteiger partial charge in [0.2, 0.25) is 5.91 Å². The Bertz CT molecular complexity index is 489. The molecule has 0 aliphatic carbocycles. The zero-order valence-corrected chi connectivity index (χ0v) is 13.2. The first kappa shape index (κ1) is 17.9. The van der Waals surface area contributed by atoms with E-state index in [0.29, 0.717) is 13.0 Å². The molecule has 0 unspecified atom stereocenters. The first-order valence-electron chi connectivity index (χ1n) is 7.39. The van der Waals surface area contributed by atoms with E-state index >= 15 is 0 Å². The molecule has 0 aromatic heterocycles. The zero-order chi connectivity index (χ0) is 16.5. The third-order valence-electron chi connectivity index (χ3n) is 3.12.